The average molecular weight is 235 g/mol. The average Bonchev–Trinajstić information content (AvgIpc) is 2.33. The monoisotopic (exact) mass is 235 g/mol. The summed E-state index contributed by atoms with van der Waals surface area (Å²) in [5.74, 6) is -1.87. The number of hydrogen-bond donors (Lipinski definition) is 1. The number of rotatable bonds is 2. The van der Waals surface area contributed by atoms with Crippen LogP contribution in [0.5, 0.6) is 0 Å². The van der Waals surface area contributed by atoms with Crippen molar-refractivity contribution < 1.29 is 13.9 Å². The molecule has 88 valence electrons. The fourth-order valence-electron chi connectivity index (χ4n) is 1.68. The summed E-state index contributed by atoms with van der Waals surface area (Å²) in [5.41, 5.74) is 1.67. The molecule has 0 amide bonds. The van der Waals surface area contributed by atoms with Crippen LogP contribution in [0.15, 0.2) is 30.5 Å². The molecule has 4 heteroatoms. The van der Waals surface area contributed by atoms with Crippen LogP contribution in [-0.4, -0.2) is 10.1 Å². The number of nitrogens with zero attached hydrogens (tertiary/aromatic N) is 1. The topological polar surface area (TPSA) is 33.1 Å². The second-order valence-corrected chi connectivity index (χ2v) is 3.78. The summed E-state index contributed by atoms with van der Waals surface area (Å²) < 4.78 is 26.7. The highest BCUT2D eigenvalue weighted by molar-refractivity contribution is 5.64. The van der Waals surface area contributed by atoms with E-state index in [-0.39, 0.29) is 17.9 Å². The number of aromatic nitrogens is 1. The van der Waals surface area contributed by atoms with E-state index in [1.165, 1.54) is 12.1 Å². The smallest absolute Gasteiger partial charge is 0.168 e. The van der Waals surface area contributed by atoms with Crippen LogP contribution >= 0.6 is 0 Å². The van der Waals surface area contributed by atoms with E-state index in [4.69, 9.17) is 0 Å². The van der Waals surface area contributed by atoms with Crippen molar-refractivity contribution in [3.05, 3.63) is 53.2 Å². The first-order valence-corrected chi connectivity index (χ1v) is 5.14. The number of aliphatic hydroxyl groups excluding tert-OH is 1. The van der Waals surface area contributed by atoms with Gasteiger partial charge >= 0.3 is 0 Å². The molecule has 0 spiro atoms. The predicted molar refractivity (Wildman–Crippen MR) is 60.2 cm³/mol. The van der Waals surface area contributed by atoms with Crippen molar-refractivity contribution in [2.45, 2.75) is 13.5 Å². The van der Waals surface area contributed by atoms with E-state index in [0.717, 1.165) is 11.6 Å². The predicted octanol–water partition coefficient (Wildman–Crippen LogP) is 2.83. The van der Waals surface area contributed by atoms with Crippen molar-refractivity contribution in [1.29, 1.82) is 0 Å². The van der Waals surface area contributed by atoms with Gasteiger partial charge in [0.05, 0.1) is 12.3 Å². The molecule has 2 aromatic rings. The van der Waals surface area contributed by atoms with E-state index < -0.39 is 11.6 Å². The Hall–Kier alpha value is -1.81. The van der Waals surface area contributed by atoms with Crippen LogP contribution in [0.1, 0.15) is 11.1 Å². The van der Waals surface area contributed by atoms with Crippen molar-refractivity contribution in [3.8, 4) is 11.3 Å². The van der Waals surface area contributed by atoms with E-state index in [1.807, 2.05) is 6.92 Å². The molecule has 0 fully saturated rings. The van der Waals surface area contributed by atoms with Crippen LogP contribution in [-0.2, 0) is 6.61 Å². The maximum Gasteiger partial charge on any atom is 0.168 e. The lowest BCUT2D eigenvalue weighted by molar-refractivity contribution is 0.282. The Morgan fingerprint density at radius 1 is 1.29 bits per heavy atom. The van der Waals surface area contributed by atoms with Gasteiger partial charge in [0.1, 0.15) is 0 Å². The Labute approximate surface area is 97.6 Å². The number of pyridine rings is 1. The summed E-state index contributed by atoms with van der Waals surface area (Å²) >= 11 is 0. The zero-order valence-corrected chi connectivity index (χ0v) is 9.24. The van der Waals surface area contributed by atoms with E-state index in [1.54, 1.807) is 12.3 Å². The molecule has 0 bridgehead atoms. The third kappa shape index (κ3) is 2.17. The van der Waals surface area contributed by atoms with Gasteiger partial charge in [0, 0.05) is 17.3 Å². The molecule has 1 aromatic carbocycles. The van der Waals surface area contributed by atoms with Gasteiger partial charge in [-0.1, -0.05) is 12.1 Å². The second kappa shape index (κ2) is 4.59. The van der Waals surface area contributed by atoms with Crippen LogP contribution in [0.4, 0.5) is 8.78 Å². The van der Waals surface area contributed by atoms with Crippen molar-refractivity contribution in [3.63, 3.8) is 0 Å². The lowest BCUT2D eigenvalue weighted by atomic mass is 10.0. The molecule has 17 heavy (non-hydrogen) atoms. The molecule has 0 aliphatic heterocycles. The first kappa shape index (κ1) is 11.7. The third-order valence-corrected chi connectivity index (χ3v) is 2.48. The summed E-state index contributed by atoms with van der Waals surface area (Å²) in [7, 11) is 0. The maximum atomic E-state index is 13.6. The van der Waals surface area contributed by atoms with Gasteiger partial charge in [0.2, 0.25) is 0 Å². The van der Waals surface area contributed by atoms with Crippen molar-refractivity contribution in [2.24, 2.45) is 0 Å². The lowest BCUT2D eigenvalue weighted by Crippen LogP contribution is -1.98. The van der Waals surface area contributed by atoms with Crippen LogP contribution in [0.25, 0.3) is 11.3 Å². The van der Waals surface area contributed by atoms with Crippen LogP contribution in [0.3, 0.4) is 0 Å². The Bertz CT molecular complexity index is 555. The molecule has 1 heterocycles. The van der Waals surface area contributed by atoms with Gasteiger partial charge in [-0.15, -0.1) is 0 Å². The standard InChI is InChI=1S/C13H11F2NO/c1-8-5-9(7-17)13(16-6-8)10-3-2-4-11(14)12(10)15/h2-6,17H,7H2,1H3. The van der Waals surface area contributed by atoms with Gasteiger partial charge in [0.25, 0.3) is 0 Å². The molecule has 0 saturated heterocycles. The first-order valence-electron chi connectivity index (χ1n) is 5.14. The maximum absolute atomic E-state index is 13.6. The number of benzene rings is 1. The summed E-state index contributed by atoms with van der Waals surface area (Å²) in [6, 6.07) is 5.60. The minimum absolute atomic E-state index is 0.0639. The van der Waals surface area contributed by atoms with Crippen LogP contribution < -0.4 is 0 Å². The van der Waals surface area contributed by atoms with E-state index in [9.17, 15) is 13.9 Å². The summed E-state index contributed by atoms with van der Waals surface area (Å²) in [5, 5.41) is 9.21. The lowest BCUT2D eigenvalue weighted by Gasteiger charge is -2.08. The minimum Gasteiger partial charge on any atom is -0.392 e. The zero-order chi connectivity index (χ0) is 12.4. The molecular formula is C13H11F2NO. The number of hydrogen-bond acceptors (Lipinski definition) is 2. The molecule has 0 saturated carbocycles. The van der Waals surface area contributed by atoms with Crippen LogP contribution in [0.2, 0.25) is 0 Å². The highest BCUT2D eigenvalue weighted by atomic mass is 19.2. The quantitative estimate of drug-likeness (QED) is 0.868. The fraction of sp³-hybridized carbons (Fsp3) is 0.154. The molecular weight excluding hydrogens is 224 g/mol. The van der Waals surface area contributed by atoms with E-state index in [0.29, 0.717) is 5.56 Å². The van der Waals surface area contributed by atoms with Crippen molar-refractivity contribution >= 4 is 0 Å². The second-order valence-electron chi connectivity index (χ2n) is 3.78. The van der Waals surface area contributed by atoms with E-state index in [2.05, 4.69) is 4.98 Å². The molecule has 1 aromatic heterocycles. The van der Waals surface area contributed by atoms with Crippen LogP contribution in [0, 0.1) is 18.6 Å². The molecule has 1 N–H and O–H groups in total. The summed E-state index contributed by atoms with van der Waals surface area (Å²) in [6.07, 6.45) is 1.55. The third-order valence-electron chi connectivity index (χ3n) is 2.48. The van der Waals surface area contributed by atoms with Crippen molar-refractivity contribution in [2.75, 3.05) is 0 Å². The van der Waals surface area contributed by atoms with Gasteiger partial charge in [0.15, 0.2) is 11.6 Å². The molecule has 0 aliphatic rings. The number of aliphatic hydroxyl groups is 1. The van der Waals surface area contributed by atoms with Gasteiger partial charge in [-0.3, -0.25) is 4.98 Å². The SMILES string of the molecule is Cc1cnc(-c2cccc(F)c2F)c(CO)c1. The summed E-state index contributed by atoms with van der Waals surface area (Å²) in [4.78, 5) is 4.05. The zero-order valence-electron chi connectivity index (χ0n) is 9.24. The van der Waals surface area contributed by atoms with Gasteiger partial charge in [-0.25, -0.2) is 8.78 Å². The minimum atomic E-state index is -0.946. The highest BCUT2D eigenvalue weighted by Gasteiger charge is 2.14. The van der Waals surface area contributed by atoms with Gasteiger partial charge in [-0.2, -0.15) is 0 Å². The largest absolute Gasteiger partial charge is 0.392 e. The molecule has 2 nitrogen and oxygen atoms in total. The Morgan fingerprint density at radius 2 is 2.06 bits per heavy atom. The summed E-state index contributed by atoms with van der Waals surface area (Å²) in [6.45, 7) is 1.55. The Kier molecular flexibility index (Phi) is 3.15. The normalized spacial score (nSPS) is 10.6. The molecule has 0 aliphatic carbocycles. The molecule has 0 radical (unpaired) electrons. The number of halogens is 2. The van der Waals surface area contributed by atoms with Crippen molar-refractivity contribution in [1.82, 2.24) is 4.98 Å². The van der Waals surface area contributed by atoms with E-state index >= 15 is 0 Å². The molecule has 2 rings (SSSR count). The Morgan fingerprint density at radius 3 is 2.76 bits per heavy atom. The van der Waals surface area contributed by atoms with Gasteiger partial charge in [-0.05, 0) is 24.6 Å². The molecule has 0 atom stereocenters. The fourth-order valence-corrected chi connectivity index (χ4v) is 1.68. The first-order chi connectivity index (χ1) is 8.13. The number of aryl methyl sites for hydroxylation is 1. The molecule has 0 unspecified atom stereocenters. The highest BCUT2D eigenvalue weighted by Crippen LogP contribution is 2.26. The van der Waals surface area contributed by atoms with Gasteiger partial charge < -0.3 is 5.11 Å². The Balaban J connectivity index is 2.64.